The van der Waals surface area contributed by atoms with E-state index in [-0.39, 0.29) is 5.75 Å². The van der Waals surface area contributed by atoms with Crippen molar-refractivity contribution in [2.24, 2.45) is 0 Å². The van der Waals surface area contributed by atoms with Gasteiger partial charge in [0.1, 0.15) is 17.1 Å². The van der Waals surface area contributed by atoms with Gasteiger partial charge in [0.05, 0.1) is 12.3 Å². The van der Waals surface area contributed by atoms with Crippen LogP contribution in [0.15, 0.2) is 42.6 Å². The molecule has 5 nitrogen and oxygen atoms in total. The Balaban J connectivity index is 2.23. The zero-order valence-electron chi connectivity index (χ0n) is 11.2. The lowest BCUT2D eigenvalue weighted by molar-refractivity contribution is 0.200. The van der Waals surface area contributed by atoms with Crippen LogP contribution in [0.5, 0.6) is 5.75 Å². The number of phenols is 1. The standard InChI is InChI=1S/C15H15N3O2/c1-20-10-8-14-17-11-5-4-9-16-15(11)18(14)12-6-2-3-7-13(12)19/h2-7,9,19H,8,10H2,1H3. The highest BCUT2D eigenvalue weighted by atomic mass is 16.5. The second kappa shape index (κ2) is 5.30. The number of ether oxygens (including phenoxy) is 1. The van der Waals surface area contributed by atoms with E-state index in [0.717, 1.165) is 17.0 Å². The Bertz CT molecular complexity index is 737. The first-order valence-electron chi connectivity index (χ1n) is 6.41. The van der Waals surface area contributed by atoms with Crippen LogP contribution in [0.2, 0.25) is 0 Å². The topological polar surface area (TPSA) is 60.2 Å². The number of methoxy groups -OCH3 is 1. The summed E-state index contributed by atoms with van der Waals surface area (Å²) in [5.41, 5.74) is 2.22. The molecular formula is C15H15N3O2. The smallest absolute Gasteiger partial charge is 0.164 e. The number of rotatable bonds is 4. The van der Waals surface area contributed by atoms with E-state index in [4.69, 9.17) is 4.74 Å². The molecule has 0 unspecified atom stereocenters. The second-order valence-electron chi connectivity index (χ2n) is 4.44. The average molecular weight is 269 g/mol. The number of para-hydroxylation sites is 2. The summed E-state index contributed by atoms with van der Waals surface area (Å²) >= 11 is 0. The predicted octanol–water partition coefficient (Wildman–Crippen LogP) is 2.32. The van der Waals surface area contributed by atoms with E-state index in [1.807, 2.05) is 28.8 Å². The SMILES string of the molecule is COCCc1nc2cccnc2n1-c1ccccc1O. The number of aromatic nitrogens is 3. The molecule has 0 aliphatic carbocycles. The highest BCUT2D eigenvalue weighted by molar-refractivity contribution is 5.74. The summed E-state index contributed by atoms with van der Waals surface area (Å²) in [4.78, 5) is 8.95. The van der Waals surface area contributed by atoms with E-state index in [9.17, 15) is 5.11 Å². The molecule has 0 spiro atoms. The quantitative estimate of drug-likeness (QED) is 0.789. The van der Waals surface area contributed by atoms with Gasteiger partial charge in [-0.05, 0) is 24.3 Å². The molecule has 2 heterocycles. The zero-order valence-corrected chi connectivity index (χ0v) is 11.2. The molecule has 20 heavy (non-hydrogen) atoms. The molecule has 0 aliphatic rings. The number of phenolic OH excluding ortho intramolecular Hbond substituents is 1. The normalized spacial score (nSPS) is 11.1. The Morgan fingerprint density at radius 1 is 1.20 bits per heavy atom. The third-order valence-corrected chi connectivity index (χ3v) is 3.14. The second-order valence-corrected chi connectivity index (χ2v) is 4.44. The van der Waals surface area contributed by atoms with Gasteiger partial charge in [0.2, 0.25) is 0 Å². The van der Waals surface area contributed by atoms with Gasteiger partial charge in [-0.1, -0.05) is 12.1 Å². The van der Waals surface area contributed by atoms with Gasteiger partial charge in [-0.3, -0.25) is 4.57 Å². The van der Waals surface area contributed by atoms with Gasteiger partial charge in [0, 0.05) is 19.7 Å². The van der Waals surface area contributed by atoms with Crippen molar-refractivity contribution in [2.45, 2.75) is 6.42 Å². The van der Waals surface area contributed by atoms with Crippen molar-refractivity contribution in [1.29, 1.82) is 0 Å². The number of pyridine rings is 1. The van der Waals surface area contributed by atoms with Crippen LogP contribution < -0.4 is 0 Å². The fraction of sp³-hybridized carbons (Fsp3) is 0.200. The van der Waals surface area contributed by atoms with Crippen LogP contribution in [0.1, 0.15) is 5.82 Å². The molecule has 0 aliphatic heterocycles. The van der Waals surface area contributed by atoms with Crippen LogP contribution in [0.25, 0.3) is 16.9 Å². The molecule has 0 bridgehead atoms. The average Bonchev–Trinajstić information content (AvgIpc) is 2.84. The van der Waals surface area contributed by atoms with Crippen LogP contribution in [0, 0.1) is 0 Å². The molecule has 1 aromatic carbocycles. The van der Waals surface area contributed by atoms with E-state index >= 15 is 0 Å². The molecule has 102 valence electrons. The Morgan fingerprint density at radius 3 is 2.85 bits per heavy atom. The van der Waals surface area contributed by atoms with Crippen molar-refractivity contribution in [1.82, 2.24) is 14.5 Å². The Kier molecular flexibility index (Phi) is 3.35. The van der Waals surface area contributed by atoms with Crippen molar-refractivity contribution < 1.29 is 9.84 Å². The molecule has 0 atom stereocenters. The lowest BCUT2D eigenvalue weighted by atomic mass is 10.2. The largest absolute Gasteiger partial charge is 0.506 e. The van der Waals surface area contributed by atoms with Crippen molar-refractivity contribution in [2.75, 3.05) is 13.7 Å². The maximum atomic E-state index is 10.1. The number of nitrogens with zero attached hydrogens (tertiary/aromatic N) is 3. The molecule has 0 saturated heterocycles. The minimum absolute atomic E-state index is 0.205. The maximum absolute atomic E-state index is 10.1. The molecule has 0 radical (unpaired) electrons. The van der Waals surface area contributed by atoms with E-state index in [0.29, 0.717) is 18.7 Å². The van der Waals surface area contributed by atoms with Crippen LogP contribution in [-0.2, 0) is 11.2 Å². The molecule has 3 rings (SSSR count). The van der Waals surface area contributed by atoms with Crippen molar-refractivity contribution >= 4 is 11.2 Å². The van der Waals surface area contributed by atoms with Crippen LogP contribution in [-0.4, -0.2) is 33.4 Å². The number of benzene rings is 1. The molecule has 0 saturated carbocycles. The van der Waals surface area contributed by atoms with Crippen LogP contribution in [0.4, 0.5) is 0 Å². The molecule has 2 aromatic heterocycles. The van der Waals surface area contributed by atoms with Crippen LogP contribution in [0.3, 0.4) is 0 Å². The third kappa shape index (κ3) is 2.12. The number of hydrogen-bond donors (Lipinski definition) is 1. The van der Waals surface area contributed by atoms with Gasteiger partial charge in [-0.2, -0.15) is 0 Å². The van der Waals surface area contributed by atoms with E-state index in [1.54, 1.807) is 25.4 Å². The Morgan fingerprint density at radius 2 is 2.05 bits per heavy atom. The summed E-state index contributed by atoms with van der Waals surface area (Å²) in [7, 11) is 1.66. The van der Waals surface area contributed by atoms with Gasteiger partial charge in [0.15, 0.2) is 5.65 Å². The van der Waals surface area contributed by atoms with Gasteiger partial charge >= 0.3 is 0 Å². The van der Waals surface area contributed by atoms with Crippen molar-refractivity contribution in [3.8, 4) is 11.4 Å². The molecule has 3 aromatic rings. The number of fused-ring (bicyclic) bond motifs is 1. The summed E-state index contributed by atoms with van der Waals surface area (Å²) in [5, 5.41) is 10.1. The molecule has 5 heteroatoms. The van der Waals surface area contributed by atoms with Crippen molar-refractivity contribution in [3.05, 3.63) is 48.4 Å². The Hall–Kier alpha value is -2.40. The predicted molar refractivity (Wildman–Crippen MR) is 76.1 cm³/mol. The maximum Gasteiger partial charge on any atom is 0.164 e. The molecule has 0 amide bonds. The third-order valence-electron chi connectivity index (χ3n) is 3.14. The first-order valence-corrected chi connectivity index (χ1v) is 6.41. The number of hydrogen-bond acceptors (Lipinski definition) is 4. The summed E-state index contributed by atoms with van der Waals surface area (Å²) < 4.78 is 7.01. The summed E-state index contributed by atoms with van der Waals surface area (Å²) in [5.74, 6) is 1.03. The van der Waals surface area contributed by atoms with Gasteiger partial charge in [-0.15, -0.1) is 0 Å². The van der Waals surface area contributed by atoms with E-state index in [1.165, 1.54) is 0 Å². The van der Waals surface area contributed by atoms with Crippen molar-refractivity contribution in [3.63, 3.8) is 0 Å². The van der Waals surface area contributed by atoms with E-state index in [2.05, 4.69) is 9.97 Å². The van der Waals surface area contributed by atoms with Gasteiger partial charge in [-0.25, -0.2) is 9.97 Å². The number of imidazole rings is 1. The summed E-state index contributed by atoms with van der Waals surface area (Å²) in [6, 6.07) is 10.9. The summed E-state index contributed by atoms with van der Waals surface area (Å²) in [6.45, 7) is 0.566. The first kappa shape index (κ1) is 12.6. The highest BCUT2D eigenvalue weighted by Crippen LogP contribution is 2.26. The molecule has 1 N–H and O–H groups in total. The zero-order chi connectivity index (χ0) is 13.9. The fourth-order valence-electron chi connectivity index (χ4n) is 2.23. The minimum Gasteiger partial charge on any atom is -0.506 e. The van der Waals surface area contributed by atoms with Crippen LogP contribution >= 0.6 is 0 Å². The molecular weight excluding hydrogens is 254 g/mol. The minimum atomic E-state index is 0.205. The van der Waals surface area contributed by atoms with Gasteiger partial charge in [0.25, 0.3) is 0 Å². The lowest BCUT2D eigenvalue weighted by Gasteiger charge is -2.10. The lowest BCUT2D eigenvalue weighted by Crippen LogP contribution is -2.05. The first-order chi connectivity index (χ1) is 9.81. The fourth-order valence-corrected chi connectivity index (χ4v) is 2.23. The monoisotopic (exact) mass is 269 g/mol. The summed E-state index contributed by atoms with van der Waals surface area (Å²) in [6.07, 6.45) is 2.38. The highest BCUT2D eigenvalue weighted by Gasteiger charge is 2.15. The van der Waals surface area contributed by atoms with E-state index < -0.39 is 0 Å². The molecule has 0 fully saturated rings. The Labute approximate surface area is 116 Å². The number of aromatic hydroxyl groups is 1. The van der Waals surface area contributed by atoms with Gasteiger partial charge < -0.3 is 9.84 Å².